The number of hydrogen-bond donors (Lipinski definition) is 1. The Bertz CT molecular complexity index is 576. The molecule has 0 aromatic heterocycles. The Balaban J connectivity index is 3.14. The average molecular weight is 318 g/mol. The number of ether oxygens (including phenoxy) is 1. The Labute approximate surface area is 126 Å². The lowest BCUT2D eigenvalue weighted by atomic mass is 10.1. The van der Waals surface area contributed by atoms with E-state index in [0.717, 1.165) is 0 Å². The summed E-state index contributed by atoms with van der Waals surface area (Å²) in [5.41, 5.74) is 0.680. The molecule has 1 N–H and O–H groups in total. The molecule has 0 bridgehead atoms. The number of aryl methyl sites for hydroxylation is 1. The van der Waals surface area contributed by atoms with Gasteiger partial charge in [-0.2, -0.15) is 4.31 Å². The van der Waals surface area contributed by atoms with Crippen LogP contribution in [0, 0.1) is 12.7 Å². The monoisotopic (exact) mass is 318 g/mol. The van der Waals surface area contributed by atoms with Gasteiger partial charge in [-0.05, 0) is 31.2 Å². The molecule has 0 amide bonds. The zero-order chi connectivity index (χ0) is 16.0. The van der Waals surface area contributed by atoms with Gasteiger partial charge in [0, 0.05) is 32.8 Å². The molecule has 1 aromatic carbocycles. The van der Waals surface area contributed by atoms with Crippen LogP contribution in [0.15, 0.2) is 17.0 Å². The molecule has 0 aliphatic rings. The van der Waals surface area contributed by atoms with Gasteiger partial charge >= 0.3 is 0 Å². The fourth-order valence-electron chi connectivity index (χ4n) is 1.86. The fraction of sp³-hybridized carbons (Fsp3) is 0.571. The van der Waals surface area contributed by atoms with Crippen LogP contribution in [0.5, 0.6) is 0 Å². The summed E-state index contributed by atoms with van der Waals surface area (Å²) in [5, 5.41) is 3.01. The first-order valence-corrected chi connectivity index (χ1v) is 8.23. The quantitative estimate of drug-likeness (QED) is 0.789. The molecule has 0 radical (unpaired) electrons. The van der Waals surface area contributed by atoms with Gasteiger partial charge in [0.25, 0.3) is 0 Å². The van der Waals surface area contributed by atoms with Crippen molar-refractivity contribution >= 4 is 10.0 Å². The average Bonchev–Trinajstić information content (AvgIpc) is 2.45. The molecular formula is C14H23FN2O3S. The number of rotatable bonds is 8. The van der Waals surface area contributed by atoms with Gasteiger partial charge in [0.1, 0.15) is 5.82 Å². The summed E-state index contributed by atoms with van der Waals surface area (Å²) in [6, 6.07) is 2.76. The van der Waals surface area contributed by atoms with Gasteiger partial charge in [0.05, 0.1) is 11.5 Å². The number of benzene rings is 1. The van der Waals surface area contributed by atoms with Crippen LogP contribution >= 0.6 is 0 Å². The lowest BCUT2D eigenvalue weighted by Crippen LogP contribution is -2.30. The molecule has 120 valence electrons. The van der Waals surface area contributed by atoms with Gasteiger partial charge in [0.2, 0.25) is 10.0 Å². The van der Waals surface area contributed by atoms with Crippen LogP contribution in [0.3, 0.4) is 0 Å². The predicted octanol–water partition coefficient (Wildman–Crippen LogP) is 1.51. The number of halogens is 1. The minimum Gasteiger partial charge on any atom is -0.383 e. The molecule has 5 nitrogen and oxygen atoms in total. The summed E-state index contributed by atoms with van der Waals surface area (Å²) in [5.74, 6) is -0.366. The highest BCUT2D eigenvalue weighted by molar-refractivity contribution is 7.89. The van der Waals surface area contributed by atoms with Crippen LogP contribution in [0.1, 0.15) is 18.1 Å². The van der Waals surface area contributed by atoms with Crippen molar-refractivity contribution in [3.8, 4) is 0 Å². The molecule has 0 spiro atoms. The first-order chi connectivity index (χ1) is 9.84. The van der Waals surface area contributed by atoms with Gasteiger partial charge < -0.3 is 10.1 Å². The van der Waals surface area contributed by atoms with Crippen molar-refractivity contribution in [1.82, 2.24) is 9.62 Å². The Morgan fingerprint density at radius 2 is 2.05 bits per heavy atom. The molecule has 0 atom stereocenters. The topological polar surface area (TPSA) is 58.6 Å². The molecule has 0 saturated heterocycles. The second-order valence-corrected chi connectivity index (χ2v) is 6.86. The number of likely N-dealkylation sites (N-methyl/N-ethyl adjacent to an activating group) is 1. The number of hydrogen-bond acceptors (Lipinski definition) is 4. The van der Waals surface area contributed by atoms with Gasteiger partial charge in [-0.1, -0.05) is 6.92 Å². The smallest absolute Gasteiger partial charge is 0.242 e. The summed E-state index contributed by atoms with van der Waals surface area (Å²) < 4.78 is 45.0. The lowest BCUT2D eigenvalue weighted by Gasteiger charge is -2.18. The van der Waals surface area contributed by atoms with E-state index in [2.05, 4.69) is 5.32 Å². The fourth-order valence-corrected chi connectivity index (χ4v) is 3.16. The number of nitrogens with one attached hydrogen (secondary N) is 1. The first kappa shape index (κ1) is 18.0. The van der Waals surface area contributed by atoms with Gasteiger partial charge in [-0.3, -0.25) is 0 Å². The standard InChI is InChI=1S/C14H23FN2O3S/c1-5-16-10-12-9-13(8-11(2)14(12)15)21(18,19)17(3)6-7-20-4/h8-9,16H,5-7,10H2,1-4H3. The Kier molecular flexibility index (Phi) is 6.73. The minimum atomic E-state index is -3.64. The summed E-state index contributed by atoms with van der Waals surface area (Å²) in [4.78, 5) is 0.105. The maximum absolute atomic E-state index is 14.0. The largest absolute Gasteiger partial charge is 0.383 e. The van der Waals surface area contributed by atoms with Crippen LogP contribution in [-0.4, -0.2) is 46.6 Å². The Morgan fingerprint density at radius 3 is 2.62 bits per heavy atom. The van der Waals surface area contributed by atoms with Gasteiger partial charge in [-0.25, -0.2) is 12.8 Å². The zero-order valence-electron chi connectivity index (χ0n) is 12.9. The molecule has 0 fully saturated rings. The Morgan fingerprint density at radius 1 is 1.38 bits per heavy atom. The van der Waals surface area contributed by atoms with Crippen LogP contribution < -0.4 is 5.32 Å². The number of sulfonamides is 1. The molecular weight excluding hydrogens is 295 g/mol. The second-order valence-electron chi connectivity index (χ2n) is 4.81. The highest BCUT2D eigenvalue weighted by Gasteiger charge is 2.22. The molecule has 0 aliphatic carbocycles. The van der Waals surface area contributed by atoms with Gasteiger partial charge in [0.15, 0.2) is 0 Å². The van der Waals surface area contributed by atoms with E-state index < -0.39 is 10.0 Å². The van der Waals surface area contributed by atoms with E-state index in [0.29, 0.717) is 30.8 Å². The van der Waals surface area contributed by atoms with Crippen molar-refractivity contribution in [3.05, 3.63) is 29.1 Å². The third-order valence-electron chi connectivity index (χ3n) is 3.19. The maximum atomic E-state index is 14.0. The SMILES string of the molecule is CCNCc1cc(S(=O)(=O)N(C)CCOC)cc(C)c1F. The van der Waals surface area contributed by atoms with Crippen molar-refractivity contribution in [2.45, 2.75) is 25.3 Å². The van der Waals surface area contributed by atoms with E-state index in [1.807, 2.05) is 6.92 Å². The van der Waals surface area contributed by atoms with Crippen molar-refractivity contribution in [1.29, 1.82) is 0 Å². The molecule has 0 unspecified atom stereocenters. The number of nitrogens with zero attached hydrogens (tertiary/aromatic N) is 1. The van der Waals surface area contributed by atoms with E-state index in [1.54, 1.807) is 6.92 Å². The molecule has 1 aromatic rings. The van der Waals surface area contributed by atoms with Crippen LogP contribution in [0.25, 0.3) is 0 Å². The highest BCUT2D eigenvalue weighted by Crippen LogP contribution is 2.21. The Hall–Kier alpha value is -1.02. The third-order valence-corrected chi connectivity index (χ3v) is 5.02. The predicted molar refractivity (Wildman–Crippen MR) is 80.2 cm³/mol. The van der Waals surface area contributed by atoms with Crippen LogP contribution in [0.2, 0.25) is 0 Å². The molecule has 7 heteroatoms. The number of methoxy groups -OCH3 is 1. The van der Waals surface area contributed by atoms with E-state index >= 15 is 0 Å². The van der Waals surface area contributed by atoms with Crippen LogP contribution in [0.4, 0.5) is 4.39 Å². The van der Waals surface area contributed by atoms with E-state index in [-0.39, 0.29) is 17.3 Å². The third kappa shape index (κ3) is 4.47. The maximum Gasteiger partial charge on any atom is 0.242 e. The molecule has 0 heterocycles. The van der Waals surface area contributed by atoms with E-state index in [9.17, 15) is 12.8 Å². The van der Waals surface area contributed by atoms with Gasteiger partial charge in [-0.15, -0.1) is 0 Å². The van der Waals surface area contributed by atoms with Crippen molar-refractivity contribution in [2.75, 3.05) is 33.9 Å². The van der Waals surface area contributed by atoms with E-state index in [1.165, 1.54) is 30.6 Å². The molecule has 21 heavy (non-hydrogen) atoms. The normalized spacial score (nSPS) is 12.1. The van der Waals surface area contributed by atoms with Crippen molar-refractivity contribution < 1.29 is 17.5 Å². The zero-order valence-corrected chi connectivity index (χ0v) is 13.8. The van der Waals surface area contributed by atoms with Crippen molar-refractivity contribution in [2.24, 2.45) is 0 Å². The molecule has 0 saturated carbocycles. The van der Waals surface area contributed by atoms with Crippen LogP contribution in [-0.2, 0) is 21.3 Å². The minimum absolute atomic E-state index is 0.105. The van der Waals surface area contributed by atoms with Crippen molar-refractivity contribution in [3.63, 3.8) is 0 Å². The summed E-state index contributed by atoms with van der Waals surface area (Å²) in [6.07, 6.45) is 0. The summed E-state index contributed by atoms with van der Waals surface area (Å²) in [6.45, 7) is 5.01. The molecule has 0 aliphatic heterocycles. The van der Waals surface area contributed by atoms with E-state index in [4.69, 9.17) is 4.74 Å². The first-order valence-electron chi connectivity index (χ1n) is 6.79. The molecule has 1 rings (SSSR count). The second kappa shape index (κ2) is 7.84. The summed E-state index contributed by atoms with van der Waals surface area (Å²) >= 11 is 0. The summed E-state index contributed by atoms with van der Waals surface area (Å²) in [7, 11) is -0.645. The highest BCUT2D eigenvalue weighted by atomic mass is 32.2. The lowest BCUT2D eigenvalue weighted by molar-refractivity contribution is 0.185.